The van der Waals surface area contributed by atoms with E-state index >= 15 is 0 Å². The van der Waals surface area contributed by atoms with Crippen LogP contribution in [0, 0.1) is 0 Å². The minimum absolute atomic E-state index is 0. The number of H-pyrrole nitrogens is 2. The molecule has 35 heavy (non-hydrogen) atoms. The van der Waals surface area contributed by atoms with Crippen molar-refractivity contribution >= 4 is 105 Å². The van der Waals surface area contributed by atoms with E-state index in [0.717, 1.165) is 73.9 Å². The van der Waals surface area contributed by atoms with Crippen molar-refractivity contribution in [1.82, 2.24) is 19.9 Å². The van der Waals surface area contributed by atoms with E-state index in [4.69, 9.17) is 9.97 Å². The van der Waals surface area contributed by atoms with Gasteiger partial charge in [0.15, 0.2) is 0 Å². The minimum Gasteiger partial charge on any atom is -0.355 e. The van der Waals surface area contributed by atoms with Gasteiger partial charge in [0, 0.05) is 48.1 Å². The Balaban J connectivity index is 0.00000253. The summed E-state index contributed by atoms with van der Waals surface area (Å²) in [6, 6.07) is 24.7. The molecule has 2 N–H and O–H groups in total. The van der Waals surface area contributed by atoms with Crippen LogP contribution in [0.5, 0.6) is 0 Å². The molecule has 4 nitrogen and oxygen atoms in total. The molecule has 6 rings (SSSR count). The second-order valence-electron chi connectivity index (χ2n) is 7.86. The maximum absolute atomic E-state index is 5.04. The Bertz CT molecular complexity index is 1700. The van der Waals surface area contributed by atoms with Gasteiger partial charge in [0.25, 0.3) is 0 Å². The molecule has 0 saturated heterocycles. The van der Waals surface area contributed by atoms with Gasteiger partial charge in [-0.25, -0.2) is 9.97 Å². The molecule has 5 heterocycles. The summed E-state index contributed by atoms with van der Waals surface area (Å²) in [5.41, 5.74) is 9.29. The average Bonchev–Trinajstić information content (AvgIpc) is 3.59. The van der Waals surface area contributed by atoms with Gasteiger partial charge in [-0.2, -0.15) is 0 Å². The van der Waals surface area contributed by atoms with E-state index in [1.54, 1.807) is 0 Å². The zero-order valence-electron chi connectivity index (χ0n) is 17.7. The van der Waals surface area contributed by atoms with E-state index in [1.807, 2.05) is 30.3 Å². The van der Waals surface area contributed by atoms with Crippen molar-refractivity contribution in [2.24, 2.45) is 0 Å². The first-order valence-electron chi connectivity index (χ1n) is 10.4. The summed E-state index contributed by atoms with van der Waals surface area (Å²) in [5, 5.41) is 0. The quantitative estimate of drug-likeness (QED) is 0.189. The normalized spacial score (nSPS) is 13.3. The van der Waals surface area contributed by atoms with Crippen LogP contribution >= 0.6 is 63.7 Å². The third-order valence-corrected chi connectivity index (χ3v) is 9.24. The second kappa shape index (κ2) is 10.0. The molecule has 0 saturated carbocycles. The zero-order valence-corrected chi connectivity index (χ0v) is 25.5. The Labute approximate surface area is 248 Å². The van der Waals surface area contributed by atoms with Gasteiger partial charge in [0.05, 0.1) is 40.7 Å². The standard InChI is InChI=1S/C26H14Br4N4.Pd/c27-21-19-12-17-9-7-15(32-17)10-14-6-8-16(31-14)11-18-20(13-4-2-1-3-5-13)22(28)25(33-18)24(30)26(34-19)23(21)29;/h1-12,31-32H;. The van der Waals surface area contributed by atoms with Crippen LogP contribution in [0.15, 0.2) is 77.3 Å². The third-order valence-electron chi connectivity index (χ3n) is 5.61. The number of aromatic amines is 2. The van der Waals surface area contributed by atoms with Crippen LogP contribution in [0.3, 0.4) is 0 Å². The first kappa shape index (κ1) is 25.1. The van der Waals surface area contributed by atoms with Crippen molar-refractivity contribution in [2.75, 3.05) is 0 Å². The van der Waals surface area contributed by atoms with Crippen LogP contribution in [0.2, 0.25) is 0 Å². The van der Waals surface area contributed by atoms with Crippen LogP contribution in [0.4, 0.5) is 0 Å². The summed E-state index contributed by atoms with van der Waals surface area (Å²) in [6.07, 6.45) is 0. The summed E-state index contributed by atoms with van der Waals surface area (Å²) in [6.45, 7) is 0. The fraction of sp³-hybridized carbons (Fsp3) is 0. The topological polar surface area (TPSA) is 57.4 Å². The number of hydrogen-bond donors (Lipinski definition) is 2. The van der Waals surface area contributed by atoms with Gasteiger partial charge < -0.3 is 9.97 Å². The number of aromatic nitrogens is 4. The van der Waals surface area contributed by atoms with Crippen molar-refractivity contribution in [2.45, 2.75) is 0 Å². The van der Waals surface area contributed by atoms with Crippen molar-refractivity contribution in [1.29, 1.82) is 0 Å². The number of nitrogens with zero attached hydrogens (tertiary/aromatic N) is 2. The molecule has 8 bridgehead atoms. The Hall–Kier alpha value is -1.60. The molecule has 4 aromatic rings. The Morgan fingerprint density at radius 3 is 1.69 bits per heavy atom. The summed E-state index contributed by atoms with van der Waals surface area (Å²) in [5.74, 6) is 0. The van der Waals surface area contributed by atoms with E-state index in [-0.39, 0.29) is 20.4 Å². The Morgan fingerprint density at radius 1 is 0.543 bits per heavy atom. The van der Waals surface area contributed by atoms with E-state index < -0.39 is 0 Å². The molecule has 9 heteroatoms. The number of benzene rings is 1. The van der Waals surface area contributed by atoms with Gasteiger partial charge in [0.2, 0.25) is 0 Å². The molecule has 0 aliphatic carbocycles. The van der Waals surface area contributed by atoms with Gasteiger partial charge >= 0.3 is 0 Å². The first-order valence-corrected chi connectivity index (χ1v) is 13.5. The molecule has 0 spiro atoms. The van der Waals surface area contributed by atoms with E-state index in [1.165, 1.54) is 0 Å². The molecule has 0 fully saturated rings. The minimum atomic E-state index is 0. The average molecular weight is 808 g/mol. The van der Waals surface area contributed by atoms with Gasteiger partial charge in [-0.05, 0) is 112 Å². The Kier molecular flexibility index (Phi) is 7.19. The number of fused-ring (bicyclic) bond motifs is 8. The second-order valence-corrected chi connectivity index (χ2v) is 11.0. The maximum Gasteiger partial charge on any atom is 0.0955 e. The summed E-state index contributed by atoms with van der Waals surface area (Å²) in [4.78, 5) is 16.9. The predicted octanol–water partition coefficient (Wildman–Crippen LogP) is 9.00. The third kappa shape index (κ3) is 4.63. The molecule has 0 atom stereocenters. The monoisotopic (exact) mass is 804 g/mol. The van der Waals surface area contributed by atoms with Crippen LogP contribution in [-0.2, 0) is 20.4 Å². The van der Waals surface area contributed by atoms with Crippen molar-refractivity contribution in [3.63, 3.8) is 0 Å². The fourth-order valence-electron chi connectivity index (χ4n) is 4.03. The van der Waals surface area contributed by atoms with E-state index in [9.17, 15) is 0 Å². The summed E-state index contributed by atoms with van der Waals surface area (Å²) < 4.78 is 3.45. The molecule has 2 aliphatic rings. The zero-order chi connectivity index (χ0) is 23.4. The molecule has 0 unspecified atom stereocenters. The Morgan fingerprint density at radius 2 is 1.06 bits per heavy atom. The summed E-state index contributed by atoms with van der Waals surface area (Å²) in [7, 11) is 0. The number of hydrogen-bond acceptors (Lipinski definition) is 2. The SMILES string of the molecule is BrC1=C(Br)c2nc1cc1ccc(cc3ccc(cc4nc(c2Br)C(Br)=C4c2ccccc2)[nH]3)[nH]1.[Pd]. The molecule has 0 radical (unpaired) electrons. The van der Waals surface area contributed by atoms with Crippen molar-refractivity contribution in [3.05, 3.63) is 106 Å². The number of rotatable bonds is 1. The van der Waals surface area contributed by atoms with Crippen LogP contribution in [-0.4, -0.2) is 19.9 Å². The predicted molar refractivity (Wildman–Crippen MR) is 155 cm³/mol. The van der Waals surface area contributed by atoms with E-state index in [0.29, 0.717) is 0 Å². The van der Waals surface area contributed by atoms with Crippen LogP contribution < -0.4 is 0 Å². The van der Waals surface area contributed by atoms with Gasteiger partial charge in [-0.15, -0.1) is 0 Å². The summed E-state index contributed by atoms with van der Waals surface area (Å²) >= 11 is 15.1. The van der Waals surface area contributed by atoms with Gasteiger partial charge in [0.1, 0.15) is 0 Å². The molecular weight excluding hydrogens is 794 g/mol. The van der Waals surface area contributed by atoms with Gasteiger partial charge in [-0.1, -0.05) is 30.3 Å². The molecule has 1 aromatic carbocycles. The number of halogens is 4. The largest absolute Gasteiger partial charge is 0.355 e. The maximum atomic E-state index is 5.04. The van der Waals surface area contributed by atoms with Crippen LogP contribution in [0.25, 0.3) is 41.1 Å². The van der Waals surface area contributed by atoms with E-state index in [2.05, 4.69) is 116 Å². The molecule has 3 aromatic heterocycles. The molecule has 176 valence electrons. The van der Waals surface area contributed by atoms with Gasteiger partial charge in [-0.3, -0.25) is 0 Å². The van der Waals surface area contributed by atoms with Crippen molar-refractivity contribution < 1.29 is 20.4 Å². The molecular formula is C26H14Br4N4Pd. The molecule has 0 amide bonds. The first-order chi connectivity index (χ1) is 16.5. The van der Waals surface area contributed by atoms with Crippen LogP contribution in [0.1, 0.15) is 28.3 Å². The smallest absolute Gasteiger partial charge is 0.0955 e. The number of nitrogens with one attached hydrogen (secondary N) is 2. The molecule has 2 aliphatic heterocycles. The fourth-order valence-corrected chi connectivity index (χ4v) is 6.74. The van der Waals surface area contributed by atoms with Crippen molar-refractivity contribution in [3.8, 4) is 0 Å².